The summed E-state index contributed by atoms with van der Waals surface area (Å²) in [5.41, 5.74) is 0.976. The molecule has 0 spiro atoms. The van der Waals surface area contributed by atoms with Crippen LogP contribution in [0.2, 0.25) is 0 Å². The van der Waals surface area contributed by atoms with Gasteiger partial charge in [-0.3, -0.25) is 4.79 Å². The number of rotatable bonds is 3. The summed E-state index contributed by atoms with van der Waals surface area (Å²) in [6, 6.07) is 22.1. The van der Waals surface area contributed by atoms with Crippen LogP contribution in [-0.4, -0.2) is 17.8 Å². The number of ether oxygens (including phenoxy) is 2. The summed E-state index contributed by atoms with van der Waals surface area (Å²) in [6.07, 6.45) is 0. The van der Waals surface area contributed by atoms with Gasteiger partial charge < -0.3 is 19.5 Å². The number of benzene rings is 3. The normalized spacial score (nSPS) is 20.9. The van der Waals surface area contributed by atoms with Crippen LogP contribution in [0.15, 0.2) is 72.8 Å². The second kappa shape index (κ2) is 6.11. The summed E-state index contributed by atoms with van der Waals surface area (Å²) in [7, 11) is 0. The predicted molar refractivity (Wildman–Crippen MR) is 104 cm³/mol. The van der Waals surface area contributed by atoms with Gasteiger partial charge in [0.2, 0.25) is 6.79 Å². The smallest absolute Gasteiger partial charge is 0.269 e. The summed E-state index contributed by atoms with van der Waals surface area (Å²) in [5, 5.41) is 11.7. The molecule has 2 unspecified atom stereocenters. The fraction of sp³-hybridized carbons (Fsp3) is 0.174. The summed E-state index contributed by atoms with van der Waals surface area (Å²) in [5.74, 6) is 0.773. The van der Waals surface area contributed by atoms with Crippen molar-refractivity contribution in [3.05, 3.63) is 89.5 Å². The number of amides is 1. The average Bonchev–Trinajstić information content (AvgIpc) is 3.30. The van der Waals surface area contributed by atoms with Crippen molar-refractivity contribution in [2.45, 2.75) is 18.6 Å². The topological polar surface area (TPSA) is 59.0 Å². The Hall–Kier alpha value is -3.31. The number of carbonyl (C=O) groups excluding carboxylic acids is 1. The van der Waals surface area contributed by atoms with Crippen molar-refractivity contribution in [1.29, 1.82) is 0 Å². The highest BCUT2D eigenvalue weighted by Gasteiger charge is 2.52. The zero-order valence-electron chi connectivity index (χ0n) is 15.3. The van der Waals surface area contributed by atoms with E-state index in [0.717, 1.165) is 5.56 Å². The molecule has 28 heavy (non-hydrogen) atoms. The monoisotopic (exact) mass is 373 g/mol. The molecule has 3 aromatic carbocycles. The third kappa shape index (κ3) is 2.26. The highest BCUT2D eigenvalue weighted by atomic mass is 16.7. The van der Waals surface area contributed by atoms with E-state index >= 15 is 0 Å². The van der Waals surface area contributed by atoms with Crippen LogP contribution in [0.4, 0.5) is 5.69 Å². The van der Waals surface area contributed by atoms with Gasteiger partial charge in [0, 0.05) is 11.1 Å². The molecule has 0 fully saturated rings. The molecule has 2 heterocycles. The van der Waals surface area contributed by atoms with Crippen molar-refractivity contribution in [2.24, 2.45) is 0 Å². The number of nitrogens with zero attached hydrogens (tertiary/aromatic N) is 1. The maximum Gasteiger partial charge on any atom is 0.269 e. The van der Waals surface area contributed by atoms with Crippen LogP contribution in [0.3, 0.4) is 0 Å². The third-order valence-corrected chi connectivity index (χ3v) is 5.54. The van der Waals surface area contributed by atoms with Crippen LogP contribution in [0.25, 0.3) is 0 Å². The summed E-state index contributed by atoms with van der Waals surface area (Å²) in [4.78, 5) is 15.3. The molecule has 0 aliphatic carbocycles. The lowest BCUT2D eigenvalue weighted by Crippen LogP contribution is -2.42. The van der Waals surface area contributed by atoms with Gasteiger partial charge in [0.05, 0.1) is 11.7 Å². The quantitative estimate of drug-likeness (QED) is 0.760. The largest absolute Gasteiger partial charge is 0.454 e. The molecule has 5 rings (SSSR count). The number of anilines is 1. The SMILES string of the molecule is CC(c1ccccc1)N1C(=O)C(O)(c2ccc3c(c2)OCO3)c2ccccc21. The highest BCUT2D eigenvalue weighted by Crippen LogP contribution is 2.49. The average molecular weight is 373 g/mol. The van der Waals surface area contributed by atoms with E-state index in [1.165, 1.54) is 0 Å². The minimum Gasteiger partial charge on any atom is -0.454 e. The first kappa shape index (κ1) is 16.8. The number of carbonyl (C=O) groups is 1. The minimum atomic E-state index is -1.78. The first-order chi connectivity index (χ1) is 13.6. The lowest BCUT2D eigenvalue weighted by atomic mass is 9.87. The Morgan fingerprint density at radius 3 is 2.50 bits per heavy atom. The molecule has 0 saturated carbocycles. The van der Waals surface area contributed by atoms with Crippen LogP contribution in [0.1, 0.15) is 29.7 Å². The molecular formula is C23H19NO4. The molecule has 2 aliphatic heterocycles. The highest BCUT2D eigenvalue weighted by molar-refractivity contribution is 6.09. The molecule has 1 amide bonds. The first-order valence-corrected chi connectivity index (χ1v) is 9.21. The zero-order valence-corrected chi connectivity index (χ0v) is 15.3. The Kier molecular flexibility index (Phi) is 3.67. The molecule has 1 N–H and O–H groups in total. The van der Waals surface area contributed by atoms with E-state index in [2.05, 4.69) is 0 Å². The van der Waals surface area contributed by atoms with E-state index in [1.54, 1.807) is 29.2 Å². The van der Waals surface area contributed by atoms with E-state index in [9.17, 15) is 9.90 Å². The molecule has 0 radical (unpaired) electrons. The van der Waals surface area contributed by atoms with E-state index in [1.807, 2.05) is 55.5 Å². The van der Waals surface area contributed by atoms with Crippen molar-refractivity contribution < 1.29 is 19.4 Å². The first-order valence-electron chi connectivity index (χ1n) is 9.21. The molecule has 5 heteroatoms. The van der Waals surface area contributed by atoms with Crippen LogP contribution < -0.4 is 14.4 Å². The van der Waals surface area contributed by atoms with Crippen LogP contribution in [0.5, 0.6) is 11.5 Å². The Labute approximate surface area is 162 Å². The second-order valence-corrected chi connectivity index (χ2v) is 7.06. The van der Waals surface area contributed by atoms with Gasteiger partial charge in [-0.05, 0) is 30.7 Å². The maximum absolute atomic E-state index is 13.6. The fourth-order valence-corrected chi connectivity index (χ4v) is 4.05. The van der Waals surface area contributed by atoms with Crippen LogP contribution in [-0.2, 0) is 10.4 Å². The minimum absolute atomic E-state index is 0.138. The van der Waals surface area contributed by atoms with Gasteiger partial charge in [-0.15, -0.1) is 0 Å². The second-order valence-electron chi connectivity index (χ2n) is 7.06. The van der Waals surface area contributed by atoms with Crippen molar-refractivity contribution in [3.63, 3.8) is 0 Å². The molecule has 0 aromatic heterocycles. The van der Waals surface area contributed by atoms with Crippen LogP contribution >= 0.6 is 0 Å². The number of para-hydroxylation sites is 1. The summed E-state index contributed by atoms with van der Waals surface area (Å²) >= 11 is 0. The van der Waals surface area contributed by atoms with E-state index < -0.39 is 5.60 Å². The number of fused-ring (bicyclic) bond motifs is 2. The van der Waals surface area contributed by atoms with Crippen LogP contribution in [0, 0.1) is 0 Å². The third-order valence-electron chi connectivity index (χ3n) is 5.54. The van der Waals surface area contributed by atoms with Crippen molar-refractivity contribution in [3.8, 4) is 11.5 Å². The Morgan fingerprint density at radius 1 is 0.964 bits per heavy atom. The molecule has 0 bridgehead atoms. The van der Waals surface area contributed by atoms with Crippen molar-refractivity contribution in [1.82, 2.24) is 0 Å². The zero-order chi connectivity index (χ0) is 19.3. The fourth-order valence-electron chi connectivity index (χ4n) is 4.05. The summed E-state index contributed by atoms with van der Waals surface area (Å²) in [6.45, 7) is 2.11. The predicted octanol–water partition coefficient (Wildman–Crippen LogP) is 3.76. The van der Waals surface area contributed by atoms with Gasteiger partial charge in [0.1, 0.15) is 0 Å². The summed E-state index contributed by atoms with van der Waals surface area (Å²) < 4.78 is 10.8. The molecular weight excluding hydrogens is 354 g/mol. The molecule has 2 aliphatic rings. The van der Waals surface area contributed by atoms with Gasteiger partial charge in [0.15, 0.2) is 17.1 Å². The Morgan fingerprint density at radius 2 is 1.68 bits per heavy atom. The van der Waals surface area contributed by atoms with E-state index in [-0.39, 0.29) is 18.7 Å². The number of hydrogen-bond donors (Lipinski definition) is 1. The molecule has 5 nitrogen and oxygen atoms in total. The van der Waals surface area contributed by atoms with Crippen molar-refractivity contribution in [2.75, 3.05) is 11.7 Å². The van der Waals surface area contributed by atoms with Gasteiger partial charge in [0.25, 0.3) is 5.91 Å². The Balaban J connectivity index is 1.65. The lowest BCUT2D eigenvalue weighted by Gasteiger charge is -2.28. The van der Waals surface area contributed by atoms with Gasteiger partial charge in [-0.1, -0.05) is 54.6 Å². The van der Waals surface area contributed by atoms with Gasteiger partial charge in [-0.2, -0.15) is 0 Å². The maximum atomic E-state index is 13.6. The van der Waals surface area contributed by atoms with E-state index in [4.69, 9.17) is 9.47 Å². The number of aliphatic hydroxyl groups is 1. The standard InChI is InChI=1S/C23H19NO4/c1-15(16-7-3-2-4-8-16)24-19-10-6-5-9-18(19)23(26,22(24)25)17-11-12-20-21(13-17)28-14-27-20/h2-13,15,26H,14H2,1H3. The molecule has 140 valence electrons. The lowest BCUT2D eigenvalue weighted by molar-refractivity contribution is -0.132. The van der Waals surface area contributed by atoms with Gasteiger partial charge >= 0.3 is 0 Å². The molecule has 2 atom stereocenters. The van der Waals surface area contributed by atoms with Gasteiger partial charge in [-0.25, -0.2) is 0 Å². The van der Waals surface area contributed by atoms with Crippen molar-refractivity contribution >= 4 is 11.6 Å². The van der Waals surface area contributed by atoms with E-state index in [0.29, 0.717) is 28.3 Å². The molecule has 0 saturated heterocycles. The molecule has 3 aromatic rings. The number of hydrogen-bond acceptors (Lipinski definition) is 4. The Bertz CT molecular complexity index is 1070.